The summed E-state index contributed by atoms with van der Waals surface area (Å²) in [5, 5.41) is 15.0. The van der Waals surface area contributed by atoms with E-state index >= 15 is 0 Å². The highest BCUT2D eigenvalue weighted by molar-refractivity contribution is 5.92. The van der Waals surface area contributed by atoms with E-state index in [1.807, 2.05) is 12.1 Å². The third-order valence-corrected chi connectivity index (χ3v) is 4.43. The molecule has 1 aliphatic rings. The zero-order valence-electron chi connectivity index (χ0n) is 13.5. The van der Waals surface area contributed by atoms with Gasteiger partial charge in [0.25, 0.3) is 0 Å². The molecule has 1 amide bonds. The van der Waals surface area contributed by atoms with Gasteiger partial charge in [-0.2, -0.15) is 4.52 Å². The molecule has 1 aliphatic heterocycles. The summed E-state index contributed by atoms with van der Waals surface area (Å²) < 4.78 is 14.8. The Balaban J connectivity index is 1.38. The van der Waals surface area contributed by atoms with Crippen LogP contribution in [0.15, 0.2) is 42.7 Å². The van der Waals surface area contributed by atoms with E-state index in [9.17, 15) is 9.18 Å². The summed E-state index contributed by atoms with van der Waals surface area (Å²) in [6.45, 7) is 1.48. The molecular formula is C17H17FN6O. The number of benzene rings is 1. The van der Waals surface area contributed by atoms with Crippen LogP contribution in [-0.2, 0) is 4.79 Å². The molecule has 1 fully saturated rings. The lowest BCUT2D eigenvalue weighted by Gasteiger charge is -2.32. The van der Waals surface area contributed by atoms with E-state index in [1.54, 1.807) is 23.0 Å². The maximum absolute atomic E-state index is 13.2. The third-order valence-electron chi connectivity index (χ3n) is 4.43. The molecule has 0 unspecified atom stereocenters. The van der Waals surface area contributed by atoms with Crippen LogP contribution in [0.4, 0.5) is 15.9 Å². The van der Waals surface area contributed by atoms with Crippen LogP contribution in [0.2, 0.25) is 0 Å². The van der Waals surface area contributed by atoms with E-state index in [0.29, 0.717) is 11.3 Å². The number of aromatic nitrogens is 4. The molecule has 0 aliphatic carbocycles. The van der Waals surface area contributed by atoms with Gasteiger partial charge < -0.3 is 10.2 Å². The van der Waals surface area contributed by atoms with Gasteiger partial charge in [-0.1, -0.05) is 6.07 Å². The highest BCUT2D eigenvalue weighted by atomic mass is 19.1. The van der Waals surface area contributed by atoms with E-state index in [1.165, 1.54) is 12.1 Å². The first kappa shape index (κ1) is 15.5. The maximum atomic E-state index is 13.2. The minimum absolute atomic E-state index is 0.0625. The summed E-state index contributed by atoms with van der Waals surface area (Å²) in [5.74, 6) is 0.338. The van der Waals surface area contributed by atoms with Crippen molar-refractivity contribution >= 4 is 23.1 Å². The van der Waals surface area contributed by atoms with Crippen LogP contribution in [0, 0.1) is 11.7 Å². The number of halogens is 1. The van der Waals surface area contributed by atoms with Crippen molar-refractivity contribution in [3.63, 3.8) is 0 Å². The number of nitrogens with zero attached hydrogens (tertiary/aromatic N) is 5. The second-order valence-corrected chi connectivity index (χ2v) is 6.09. The fourth-order valence-electron chi connectivity index (χ4n) is 3.07. The van der Waals surface area contributed by atoms with Crippen molar-refractivity contribution in [1.82, 2.24) is 19.8 Å². The summed E-state index contributed by atoms with van der Waals surface area (Å²) in [4.78, 5) is 14.5. The largest absolute Gasteiger partial charge is 0.355 e. The van der Waals surface area contributed by atoms with Crippen molar-refractivity contribution in [3.05, 3.63) is 48.5 Å². The molecule has 0 radical (unpaired) electrons. The minimum Gasteiger partial charge on any atom is -0.355 e. The van der Waals surface area contributed by atoms with Crippen LogP contribution in [0.1, 0.15) is 12.8 Å². The van der Waals surface area contributed by atoms with Crippen LogP contribution in [-0.4, -0.2) is 38.8 Å². The zero-order chi connectivity index (χ0) is 17.2. The van der Waals surface area contributed by atoms with E-state index < -0.39 is 0 Å². The number of fused-ring (bicyclic) bond motifs is 1. The maximum Gasteiger partial charge on any atom is 0.227 e. The average Bonchev–Trinajstić information content (AvgIpc) is 3.09. The smallest absolute Gasteiger partial charge is 0.227 e. The summed E-state index contributed by atoms with van der Waals surface area (Å²) in [6, 6.07) is 9.74. The third kappa shape index (κ3) is 3.28. The molecule has 4 rings (SSSR count). The molecule has 25 heavy (non-hydrogen) atoms. The van der Waals surface area contributed by atoms with Gasteiger partial charge in [-0.25, -0.2) is 4.39 Å². The number of piperidine rings is 1. The molecule has 0 bridgehead atoms. The summed E-state index contributed by atoms with van der Waals surface area (Å²) >= 11 is 0. The van der Waals surface area contributed by atoms with Gasteiger partial charge in [0, 0.05) is 24.7 Å². The van der Waals surface area contributed by atoms with Crippen LogP contribution in [0.25, 0.3) is 5.65 Å². The normalized spacial score (nSPS) is 15.5. The molecule has 0 saturated carbocycles. The van der Waals surface area contributed by atoms with Crippen molar-refractivity contribution in [2.24, 2.45) is 5.92 Å². The second kappa shape index (κ2) is 6.46. The summed E-state index contributed by atoms with van der Waals surface area (Å²) in [5.41, 5.74) is 1.19. The van der Waals surface area contributed by atoms with Crippen LogP contribution >= 0.6 is 0 Å². The highest BCUT2D eigenvalue weighted by Crippen LogP contribution is 2.23. The average molecular weight is 340 g/mol. The Hall–Kier alpha value is -3.03. The first-order valence-electron chi connectivity index (χ1n) is 8.17. The zero-order valence-corrected chi connectivity index (χ0v) is 13.5. The monoisotopic (exact) mass is 340 g/mol. The number of nitrogens with one attached hydrogen (secondary N) is 1. The molecule has 1 N–H and O–H groups in total. The predicted molar refractivity (Wildman–Crippen MR) is 90.7 cm³/mol. The summed E-state index contributed by atoms with van der Waals surface area (Å²) in [7, 11) is 0. The van der Waals surface area contributed by atoms with Crippen molar-refractivity contribution in [3.8, 4) is 0 Å². The Morgan fingerprint density at radius 2 is 2.04 bits per heavy atom. The van der Waals surface area contributed by atoms with Gasteiger partial charge in [0.1, 0.15) is 18.0 Å². The lowest BCUT2D eigenvalue weighted by atomic mass is 9.96. The number of hydrogen-bond acceptors (Lipinski definition) is 5. The minimum atomic E-state index is -0.358. The molecular weight excluding hydrogens is 323 g/mol. The molecule has 0 atom stereocenters. The Kier molecular flexibility index (Phi) is 4.01. The molecule has 1 saturated heterocycles. The number of anilines is 2. The van der Waals surface area contributed by atoms with E-state index in [0.717, 1.165) is 31.7 Å². The lowest BCUT2D eigenvalue weighted by molar-refractivity contribution is -0.120. The number of carbonyl (C=O) groups is 1. The van der Waals surface area contributed by atoms with Crippen LogP contribution in [0.3, 0.4) is 0 Å². The lowest BCUT2D eigenvalue weighted by Crippen LogP contribution is -2.38. The van der Waals surface area contributed by atoms with Crippen LogP contribution in [0.5, 0.6) is 0 Å². The molecule has 128 valence electrons. The van der Waals surface area contributed by atoms with E-state index in [4.69, 9.17) is 0 Å². The Morgan fingerprint density at radius 1 is 1.20 bits per heavy atom. The number of amides is 1. The van der Waals surface area contributed by atoms with Gasteiger partial charge in [0.15, 0.2) is 5.65 Å². The fourth-order valence-corrected chi connectivity index (χ4v) is 3.07. The molecule has 3 aromatic rings. The topological polar surface area (TPSA) is 75.4 Å². The molecule has 1 aromatic carbocycles. The van der Waals surface area contributed by atoms with Crippen molar-refractivity contribution in [1.29, 1.82) is 0 Å². The quantitative estimate of drug-likeness (QED) is 0.790. The molecule has 3 heterocycles. The highest BCUT2D eigenvalue weighted by Gasteiger charge is 2.26. The Morgan fingerprint density at radius 3 is 2.84 bits per heavy atom. The van der Waals surface area contributed by atoms with Gasteiger partial charge in [-0.15, -0.1) is 15.3 Å². The number of rotatable bonds is 3. The first-order chi connectivity index (χ1) is 12.2. The van der Waals surface area contributed by atoms with Crippen LogP contribution < -0.4 is 10.2 Å². The van der Waals surface area contributed by atoms with Gasteiger partial charge >= 0.3 is 0 Å². The fraction of sp³-hybridized carbons (Fsp3) is 0.294. The standard InChI is InChI=1S/C17H17FN6O/c18-13-2-1-3-14(10-13)20-17(25)12-6-8-23(9-7-12)16-5-4-15-21-19-11-24(15)22-16/h1-5,10-12H,6-9H2,(H,20,25). The van der Waals surface area contributed by atoms with Gasteiger partial charge in [0.05, 0.1) is 0 Å². The Labute approximate surface area is 143 Å². The van der Waals surface area contributed by atoms with Gasteiger partial charge in [-0.05, 0) is 43.2 Å². The number of carbonyl (C=O) groups excluding carboxylic acids is 1. The van der Waals surface area contributed by atoms with Gasteiger partial charge in [0.2, 0.25) is 5.91 Å². The second-order valence-electron chi connectivity index (χ2n) is 6.09. The molecule has 8 heteroatoms. The first-order valence-corrected chi connectivity index (χ1v) is 8.17. The SMILES string of the molecule is O=C(Nc1cccc(F)c1)C1CCN(c2ccc3nncn3n2)CC1. The van der Waals surface area contributed by atoms with Crippen molar-refractivity contribution in [2.75, 3.05) is 23.3 Å². The summed E-state index contributed by atoms with van der Waals surface area (Å²) in [6.07, 6.45) is 3.02. The predicted octanol–water partition coefficient (Wildman–Crippen LogP) is 2.12. The Bertz CT molecular complexity index is 903. The molecule has 0 spiro atoms. The van der Waals surface area contributed by atoms with E-state index in [-0.39, 0.29) is 17.6 Å². The molecule has 7 nitrogen and oxygen atoms in total. The van der Waals surface area contributed by atoms with E-state index in [2.05, 4.69) is 25.5 Å². The molecule has 2 aromatic heterocycles. The number of hydrogen-bond donors (Lipinski definition) is 1. The van der Waals surface area contributed by atoms with Crippen molar-refractivity contribution in [2.45, 2.75) is 12.8 Å². The van der Waals surface area contributed by atoms with Gasteiger partial charge in [-0.3, -0.25) is 4.79 Å². The van der Waals surface area contributed by atoms with Crippen molar-refractivity contribution < 1.29 is 9.18 Å².